The van der Waals surface area contributed by atoms with Gasteiger partial charge in [0.25, 0.3) is 5.69 Å². The van der Waals surface area contributed by atoms with Crippen LogP contribution in [-0.4, -0.2) is 17.0 Å². The van der Waals surface area contributed by atoms with Gasteiger partial charge in [0.05, 0.1) is 16.7 Å². The number of hydrogen-bond donors (Lipinski definition) is 1. The number of rotatable bonds is 4. The van der Waals surface area contributed by atoms with Gasteiger partial charge in [-0.1, -0.05) is 24.3 Å². The van der Waals surface area contributed by atoms with Crippen LogP contribution in [0, 0.1) is 27.9 Å². The monoisotopic (exact) mass is 313 g/mol. The van der Waals surface area contributed by atoms with Crippen LogP contribution in [0.2, 0.25) is 0 Å². The Labute approximate surface area is 134 Å². The second-order valence-electron chi connectivity index (χ2n) is 6.03. The van der Waals surface area contributed by atoms with E-state index in [2.05, 4.69) is 22.7 Å². The van der Waals surface area contributed by atoms with Gasteiger partial charge in [-0.3, -0.25) is 14.9 Å². The Morgan fingerprint density at radius 3 is 2.52 bits per heavy atom. The summed E-state index contributed by atoms with van der Waals surface area (Å²) in [4.78, 5) is 22.7. The fourth-order valence-corrected chi connectivity index (χ4v) is 3.44. The van der Waals surface area contributed by atoms with Crippen LogP contribution in [0.15, 0.2) is 41.5 Å². The van der Waals surface area contributed by atoms with Crippen molar-refractivity contribution in [2.24, 2.45) is 22.9 Å². The number of hydrazone groups is 1. The van der Waals surface area contributed by atoms with E-state index in [1.807, 2.05) is 0 Å². The van der Waals surface area contributed by atoms with E-state index in [9.17, 15) is 14.9 Å². The van der Waals surface area contributed by atoms with Crippen molar-refractivity contribution in [3.05, 3.63) is 52.1 Å². The lowest BCUT2D eigenvalue weighted by Gasteiger charge is -1.99. The number of carbonyl (C=O) groups excluding carboxylic acids is 1. The van der Waals surface area contributed by atoms with Gasteiger partial charge in [-0.15, -0.1) is 0 Å². The molecule has 0 aromatic heterocycles. The van der Waals surface area contributed by atoms with E-state index in [0.717, 1.165) is 25.7 Å². The van der Waals surface area contributed by atoms with Gasteiger partial charge < -0.3 is 0 Å². The van der Waals surface area contributed by atoms with E-state index in [1.165, 1.54) is 12.3 Å². The molecule has 1 aromatic carbocycles. The SMILES string of the molecule is O=C(NN=Cc1ccccc1[N+](=O)[O-])C1C2CCC=CCCC21. The minimum absolute atomic E-state index is 0.0235. The Bertz CT molecular complexity index is 653. The van der Waals surface area contributed by atoms with E-state index in [1.54, 1.807) is 18.2 Å². The Morgan fingerprint density at radius 1 is 1.22 bits per heavy atom. The number of benzene rings is 1. The van der Waals surface area contributed by atoms with E-state index in [0.29, 0.717) is 17.4 Å². The molecular weight excluding hydrogens is 294 g/mol. The number of fused-ring (bicyclic) bond motifs is 1. The Kier molecular flexibility index (Phi) is 4.50. The molecule has 0 bridgehead atoms. The van der Waals surface area contributed by atoms with Crippen LogP contribution in [0.3, 0.4) is 0 Å². The lowest BCUT2D eigenvalue weighted by Crippen LogP contribution is -2.21. The number of nitrogens with one attached hydrogen (secondary N) is 1. The maximum Gasteiger partial charge on any atom is 0.278 e. The molecule has 0 heterocycles. The van der Waals surface area contributed by atoms with Crippen molar-refractivity contribution >= 4 is 17.8 Å². The van der Waals surface area contributed by atoms with Crippen LogP contribution < -0.4 is 5.43 Å². The molecule has 2 unspecified atom stereocenters. The van der Waals surface area contributed by atoms with Gasteiger partial charge in [-0.2, -0.15) is 5.10 Å². The highest BCUT2D eigenvalue weighted by Crippen LogP contribution is 2.52. The molecule has 0 spiro atoms. The zero-order valence-corrected chi connectivity index (χ0v) is 12.7. The first-order valence-corrected chi connectivity index (χ1v) is 7.90. The fourth-order valence-electron chi connectivity index (χ4n) is 3.44. The zero-order valence-electron chi connectivity index (χ0n) is 12.7. The number of carbonyl (C=O) groups is 1. The Morgan fingerprint density at radius 2 is 1.87 bits per heavy atom. The summed E-state index contributed by atoms with van der Waals surface area (Å²) in [5.74, 6) is 0.886. The molecule has 1 saturated carbocycles. The van der Waals surface area contributed by atoms with Crippen molar-refractivity contribution in [1.29, 1.82) is 0 Å². The van der Waals surface area contributed by atoms with Crippen LogP contribution >= 0.6 is 0 Å². The molecule has 0 radical (unpaired) electrons. The number of nitro groups is 1. The van der Waals surface area contributed by atoms with Crippen molar-refractivity contribution in [2.75, 3.05) is 0 Å². The second kappa shape index (κ2) is 6.73. The summed E-state index contributed by atoms with van der Waals surface area (Å²) in [5, 5.41) is 14.8. The topological polar surface area (TPSA) is 84.6 Å². The maximum absolute atomic E-state index is 12.2. The standard InChI is InChI=1S/C17H19N3O3/c21-17(16-13-8-3-1-2-4-9-14(13)16)19-18-11-12-7-5-6-10-15(12)20(22)23/h1-2,5-7,10-11,13-14,16H,3-4,8-9H2,(H,19,21). The minimum atomic E-state index is -0.460. The maximum atomic E-state index is 12.2. The molecule has 2 aliphatic rings. The first-order chi connectivity index (χ1) is 11.2. The van der Waals surface area contributed by atoms with Crippen LogP contribution in [0.25, 0.3) is 0 Å². The summed E-state index contributed by atoms with van der Waals surface area (Å²) in [6, 6.07) is 6.32. The van der Waals surface area contributed by atoms with Crippen LogP contribution in [0.4, 0.5) is 5.69 Å². The van der Waals surface area contributed by atoms with Crippen LogP contribution in [0.5, 0.6) is 0 Å². The molecule has 1 N–H and O–H groups in total. The molecule has 23 heavy (non-hydrogen) atoms. The third-order valence-corrected chi connectivity index (χ3v) is 4.65. The molecule has 3 rings (SSSR count). The van der Waals surface area contributed by atoms with E-state index in [-0.39, 0.29) is 17.5 Å². The molecular formula is C17H19N3O3. The first-order valence-electron chi connectivity index (χ1n) is 7.90. The average molecular weight is 313 g/mol. The largest absolute Gasteiger partial charge is 0.278 e. The summed E-state index contributed by atoms with van der Waals surface area (Å²) < 4.78 is 0. The molecule has 1 amide bonds. The summed E-state index contributed by atoms with van der Waals surface area (Å²) in [6.45, 7) is 0. The lowest BCUT2D eigenvalue weighted by molar-refractivity contribution is -0.385. The van der Waals surface area contributed by atoms with Crippen LogP contribution in [-0.2, 0) is 4.79 Å². The molecule has 6 nitrogen and oxygen atoms in total. The van der Waals surface area contributed by atoms with Gasteiger partial charge in [0.15, 0.2) is 0 Å². The lowest BCUT2D eigenvalue weighted by atomic mass is 10.1. The van der Waals surface area contributed by atoms with E-state index < -0.39 is 4.92 Å². The van der Waals surface area contributed by atoms with Crippen molar-refractivity contribution in [3.8, 4) is 0 Å². The smallest absolute Gasteiger partial charge is 0.273 e. The van der Waals surface area contributed by atoms with Gasteiger partial charge in [0, 0.05) is 12.0 Å². The van der Waals surface area contributed by atoms with Gasteiger partial charge >= 0.3 is 0 Å². The number of allylic oxidation sites excluding steroid dienone is 2. The minimum Gasteiger partial charge on any atom is -0.273 e. The zero-order chi connectivity index (χ0) is 16.2. The van der Waals surface area contributed by atoms with Gasteiger partial charge in [0.1, 0.15) is 0 Å². The fraction of sp³-hybridized carbons (Fsp3) is 0.412. The third-order valence-electron chi connectivity index (χ3n) is 4.65. The molecule has 120 valence electrons. The Hall–Kier alpha value is -2.50. The van der Waals surface area contributed by atoms with E-state index in [4.69, 9.17) is 0 Å². The highest BCUT2D eigenvalue weighted by molar-refractivity contribution is 5.87. The summed E-state index contributed by atoms with van der Waals surface area (Å²) in [7, 11) is 0. The van der Waals surface area contributed by atoms with Gasteiger partial charge in [-0.25, -0.2) is 5.43 Å². The number of nitrogens with zero attached hydrogens (tertiary/aromatic N) is 2. The van der Waals surface area contributed by atoms with Crippen molar-refractivity contribution in [2.45, 2.75) is 25.7 Å². The number of nitro benzene ring substituents is 1. The number of para-hydroxylation sites is 1. The summed E-state index contributed by atoms with van der Waals surface area (Å²) in [5.41, 5.74) is 2.90. The molecule has 2 aliphatic carbocycles. The third kappa shape index (κ3) is 3.47. The van der Waals surface area contributed by atoms with Crippen molar-refractivity contribution in [3.63, 3.8) is 0 Å². The second-order valence-corrected chi connectivity index (χ2v) is 6.03. The van der Waals surface area contributed by atoms with Crippen molar-refractivity contribution in [1.82, 2.24) is 5.43 Å². The summed E-state index contributed by atoms with van der Waals surface area (Å²) >= 11 is 0. The highest BCUT2D eigenvalue weighted by Gasteiger charge is 2.53. The first kappa shape index (κ1) is 15.4. The Balaban J connectivity index is 1.59. The normalized spacial score (nSPS) is 26.2. The molecule has 1 aromatic rings. The van der Waals surface area contributed by atoms with Crippen molar-refractivity contribution < 1.29 is 9.72 Å². The van der Waals surface area contributed by atoms with Gasteiger partial charge in [0.2, 0.25) is 5.91 Å². The predicted octanol–water partition coefficient (Wildman–Crippen LogP) is 3.04. The highest BCUT2D eigenvalue weighted by atomic mass is 16.6. The number of hydrogen-bond acceptors (Lipinski definition) is 4. The summed E-state index contributed by atoms with van der Waals surface area (Å²) in [6.07, 6.45) is 9.88. The van der Waals surface area contributed by atoms with Gasteiger partial charge in [-0.05, 0) is 43.6 Å². The predicted molar refractivity (Wildman–Crippen MR) is 86.9 cm³/mol. The molecule has 0 aliphatic heterocycles. The quantitative estimate of drug-likeness (QED) is 0.401. The molecule has 6 heteroatoms. The molecule has 0 saturated heterocycles. The van der Waals surface area contributed by atoms with E-state index >= 15 is 0 Å². The molecule has 1 fully saturated rings. The van der Waals surface area contributed by atoms with Crippen LogP contribution in [0.1, 0.15) is 31.2 Å². The molecule has 2 atom stereocenters. The number of amides is 1. The average Bonchev–Trinajstić information content (AvgIpc) is 3.18.